The lowest BCUT2D eigenvalue weighted by Gasteiger charge is -2.43. The van der Waals surface area contributed by atoms with Crippen molar-refractivity contribution in [3.05, 3.63) is 51.7 Å². The molecule has 1 aliphatic rings. The van der Waals surface area contributed by atoms with Crippen LogP contribution >= 0.6 is 0 Å². The van der Waals surface area contributed by atoms with Gasteiger partial charge in [0.25, 0.3) is 5.56 Å². The summed E-state index contributed by atoms with van der Waals surface area (Å²) < 4.78 is 81.9. The number of nitrogens with zero attached hydrogens (tertiary/aromatic N) is 4. The van der Waals surface area contributed by atoms with Crippen molar-refractivity contribution in [1.29, 1.82) is 0 Å². The van der Waals surface area contributed by atoms with Crippen molar-refractivity contribution < 1.29 is 35.9 Å². The number of halogens is 6. The molecule has 2 aromatic rings. The molecule has 0 saturated carbocycles. The Morgan fingerprint density at radius 1 is 1.09 bits per heavy atom. The van der Waals surface area contributed by atoms with Gasteiger partial charge in [-0.25, -0.2) is 14.8 Å². The second kappa shape index (κ2) is 9.50. The molecule has 3 heterocycles. The van der Waals surface area contributed by atoms with E-state index >= 15 is 0 Å². The summed E-state index contributed by atoms with van der Waals surface area (Å²) in [6, 6.07) is 0.0165. The van der Waals surface area contributed by atoms with E-state index in [0.717, 1.165) is 6.20 Å². The fourth-order valence-electron chi connectivity index (χ4n) is 3.70. The Morgan fingerprint density at radius 2 is 1.68 bits per heavy atom. The first-order valence-corrected chi connectivity index (χ1v) is 10.2. The average molecular weight is 493 g/mol. The van der Waals surface area contributed by atoms with Crippen LogP contribution in [0.1, 0.15) is 30.5 Å². The minimum atomic E-state index is -4.80. The van der Waals surface area contributed by atoms with Gasteiger partial charge in [0, 0.05) is 50.2 Å². The molecule has 0 bridgehead atoms. The van der Waals surface area contributed by atoms with Crippen LogP contribution in [0.25, 0.3) is 0 Å². The molecule has 2 atom stereocenters. The predicted molar refractivity (Wildman–Crippen MR) is 107 cm³/mol. The van der Waals surface area contributed by atoms with Crippen LogP contribution in [0, 0.1) is 0 Å². The van der Waals surface area contributed by atoms with Gasteiger partial charge in [0.2, 0.25) is 5.95 Å². The first-order valence-electron chi connectivity index (χ1n) is 10.2. The van der Waals surface area contributed by atoms with Gasteiger partial charge < -0.3 is 19.5 Å². The summed E-state index contributed by atoms with van der Waals surface area (Å²) in [4.78, 5) is 36.5. The van der Waals surface area contributed by atoms with Crippen molar-refractivity contribution in [3.63, 3.8) is 0 Å². The maximum atomic E-state index is 12.8. The summed E-state index contributed by atoms with van der Waals surface area (Å²) in [5, 5.41) is 0. The third-order valence-electron chi connectivity index (χ3n) is 5.26. The third-order valence-corrected chi connectivity index (χ3v) is 5.26. The highest BCUT2D eigenvalue weighted by Crippen LogP contribution is 2.30. The zero-order valence-corrected chi connectivity index (χ0v) is 18.1. The Hall–Kier alpha value is -3.32. The summed E-state index contributed by atoms with van der Waals surface area (Å²) >= 11 is 0. The predicted octanol–water partition coefficient (Wildman–Crippen LogP) is 3.48. The van der Waals surface area contributed by atoms with E-state index in [4.69, 9.17) is 4.74 Å². The maximum Gasteiger partial charge on any atom is 0.421 e. The number of aromatic amines is 1. The Balaban J connectivity index is 1.57. The SMILES string of the molecule is C[C@@H]1CN(C(=O)OCCc2c[nH]c(=O)c(C(F)(F)F)c2)C[C@@H](C)N1c1ncc(C(F)(F)F)cn1. The Labute approximate surface area is 189 Å². The van der Waals surface area contributed by atoms with Gasteiger partial charge in [0.15, 0.2) is 0 Å². The summed E-state index contributed by atoms with van der Waals surface area (Å²) in [6.07, 6.45) is -7.57. The standard InChI is InChI=1S/C20H21F6N5O3/c1-11-9-30(10-12(2)31(11)17-28-7-14(8-29-17)19(21,22)23)18(33)34-4-3-13-5-15(20(24,25)26)16(32)27-6-13/h5-8,11-12H,3-4,9-10H2,1-2H3,(H,27,32)/t11-,12-/m1/s1. The molecule has 1 N–H and O–H groups in total. The van der Waals surface area contributed by atoms with E-state index in [2.05, 4.69) is 9.97 Å². The minimum absolute atomic E-state index is 0.0456. The summed E-state index contributed by atoms with van der Waals surface area (Å²) in [5.41, 5.74) is -3.42. The molecule has 1 aliphatic heterocycles. The van der Waals surface area contributed by atoms with E-state index in [1.807, 2.05) is 4.98 Å². The van der Waals surface area contributed by atoms with Crippen molar-refractivity contribution in [2.75, 3.05) is 24.6 Å². The molecule has 0 spiro atoms. The third kappa shape index (κ3) is 5.78. The first-order chi connectivity index (χ1) is 15.8. The van der Waals surface area contributed by atoms with Crippen molar-refractivity contribution in [2.24, 2.45) is 0 Å². The normalized spacial score (nSPS) is 19.3. The highest BCUT2D eigenvalue weighted by molar-refractivity contribution is 5.68. The lowest BCUT2D eigenvalue weighted by Crippen LogP contribution is -2.58. The number of hydrogen-bond donors (Lipinski definition) is 1. The van der Waals surface area contributed by atoms with Crippen molar-refractivity contribution in [1.82, 2.24) is 19.9 Å². The second-order valence-corrected chi connectivity index (χ2v) is 7.89. The molecule has 0 unspecified atom stereocenters. The van der Waals surface area contributed by atoms with Gasteiger partial charge >= 0.3 is 18.4 Å². The number of carbonyl (C=O) groups excluding carboxylic acids is 1. The molecule has 0 aliphatic carbocycles. The summed E-state index contributed by atoms with van der Waals surface area (Å²) in [6.45, 7) is 3.62. The van der Waals surface area contributed by atoms with E-state index in [0.29, 0.717) is 18.5 Å². The number of H-pyrrole nitrogens is 1. The van der Waals surface area contributed by atoms with E-state index in [-0.39, 0.29) is 49.7 Å². The molecule has 34 heavy (non-hydrogen) atoms. The molecule has 2 aromatic heterocycles. The van der Waals surface area contributed by atoms with Gasteiger partial charge in [-0.3, -0.25) is 4.79 Å². The number of alkyl halides is 6. The second-order valence-electron chi connectivity index (χ2n) is 7.89. The first kappa shape index (κ1) is 25.3. The van der Waals surface area contributed by atoms with Crippen molar-refractivity contribution >= 4 is 12.0 Å². The van der Waals surface area contributed by atoms with Crippen LogP contribution in [-0.2, 0) is 23.5 Å². The molecule has 1 amide bonds. The van der Waals surface area contributed by atoms with Crippen LogP contribution in [0.3, 0.4) is 0 Å². The van der Waals surface area contributed by atoms with Gasteiger partial charge in [-0.15, -0.1) is 0 Å². The zero-order valence-electron chi connectivity index (χ0n) is 18.1. The van der Waals surface area contributed by atoms with Gasteiger partial charge in [0.1, 0.15) is 5.56 Å². The van der Waals surface area contributed by atoms with E-state index in [1.165, 1.54) is 4.90 Å². The molecular formula is C20H21F6N5O3. The van der Waals surface area contributed by atoms with Crippen molar-refractivity contribution in [2.45, 2.75) is 44.7 Å². The monoisotopic (exact) mass is 493 g/mol. The number of hydrogen-bond acceptors (Lipinski definition) is 6. The molecule has 1 saturated heterocycles. The van der Waals surface area contributed by atoms with Crippen LogP contribution in [0.15, 0.2) is 29.5 Å². The van der Waals surface area contributed by atoms with E-state index in [1.54, 1.807) is 18.7 Å². The highest BCUT2D eigenvalue weighted by atomic mass is 19.4. The number of aromatic nitrogens is 3. The molecule has 0 aromatic carbocycles. The lowest BCUT2D eigenvalue weighted by molar-refractivity contribution is -0.139. The molecule has 8 nitrogen and oxygen atoms in total. The van der Waals surface area contributed by atoms with Crippen LogP contribution in [0.2, 0.25) is 0 Å². The Kier molecular flexibility index (Phi) is 7.07. The highest BCUT2D eigenvalue weighted by Gasteiger charge is 2.36. The Morgan fingerprint density at radius 3 is 2.21 bits per heavy atom. The van der Waals surface area contributed by atoms with Crippen LogP contribution in [-0.4, -0.2) is 57.7 Å². The van der Waals surface area contributed by atoms with Gasteiger partial charge in [-0.05, 0) is 25.5 Å². The Bertz CT molecular complexity index is 1060. The average Bonchev–Trinajstić information content (AvgIpc) is 2.73. The van der Waals surface area contributed by atoms with Gasteiger partial charge in [-0.2, -0.15) is 26.3 Å². The molecule has 186 valence electrons. The smallest absolute Gasteiger partial charge is 0.421 e. The number of pyridine rings is 1. The van der Waals surface area contributed by atoms with Gasteiger partial charge in [0.05, 0.1) is 12.2 Å². The minimum Gasteiger partial charge on any atom is -0.449 e. The summed E-state index contributed by atoms with van der Waals surface area (Å²) in [5.74, 6) is 0.0968. The number of piperazine rings is 1. The fourth-order valence-corrected chi connectivity index (χ4v) is 3.70. The van der Waals surface area contributed by atoms with E-state index < -0.39 is 35.1 Å². The van der Waals surface area contributed by atoms with Crippen LogP contribution in [0.4, 0.5) is 37.1 Å². The van der Waals surface area contributed by atoms with Crippen LogP contribution < -0.4 is 10.5 Å². The molecule has 0 radical (unpaired) electrons. The quantitative estimate of drug-likeness (QED) is 0.656. The van der Waals surface area contributed by atoms with E-state index in [9.17, 15) is 35.9 Å². The molecule has 14 heteroatoms. The molecular weight excluding hydrogens is 472 g/mol. The topological polar surface area (TPSA) is 91.4 Å². The molecule has 3 rings (SSSR count). The number of amides is 1. The number of anilines is 1. The summed E-state index contributed by atoms with van der Waals surface area (Å²) in [7, 11) is 0. The molecule has 1 fully saturated rings. The maximum absolute atomic E-state index is 12.8. The van der Waals surface area contributed by atoms with Crippen molar-refractivity contribution in [3.8, 4) is 0 Å². The lowest BCUT2D eigenvalue weighted by atomic mass is 10.1. The number of ether oxygens (including phenoxy) is 1. The van der Waals surface area contributed by atoms with Crippen LogP contribution in [0.5, 0.6) is 0 Å². The number of carbonyl (C=O) groups is 1. The number of nitrogens with one attached hydrogen (secondary N) is 1. The zero-order chi connectivity index (χ0) is 25.3. The fraction of sp³-hybridized carbons (Fsp3) is 0.500. The number of rotatable bonds is 4. The van der Waals surface area contributed by atoms with Gasteiger partial charge in [-0.1, -0.05) is 0 Å². The largest absolute Gasteiger partial charge is 0.449 e.